The fraction of sp³-hybridized carbons (Fsp3) is 0.571. The summed E-state index contributed by atoms with van der Waals surface area (Å²) in [6.07, 6.45) is -0.434. The summed E-state index contributed by atoms with van der Waals surface area (Å²) in [4.78, 5) is 0. The number of hydrogen-bond acceptors (Lipinski definition) is 3. The minimum Gasteiger partial charge on any atom is -0.389 e. The van der Waals surface area contributed by atoms with Crippen LogP contribution in [0.25, 0.3) is 0 Å². The van der Waals surface area contributed by atoms with Crippen LogP contribution in [0.3, 0.4) is 0 Å². The van der Waals surface area contributed by atoms with Crippen molar-refractivity contribution in [2.45, 2.75) is 32.3 Å². The fourth-order valence-corrected chi connectivity index (χ4v) is 2.92. The second-order valence-electron chi connectivity index (χ2n) is 5.69. The molecule has 1 atom stereocenters. The molecule has 1 rings (SSSR count). The van der Waals surface area contributed by atoms with Gasteiger partial charge in [-0.3, -0.25) is 0 Å². The first-order valence-electron chi connectivity index (χ1n) is 6.40. The van der Waals surface area contributed by atoms with Gasteiger partial charge >= 0.3 is 0 Å². The van der Waals surface area contributed by atoms with Crippen LogP contribution in [0.15, 0.2) is 24.3 Å². The van der Waals surface area contributed by atoms with Gasteiger partial charge in [0.1, 0.15) is 0 Å². The largest absolute Gasteiger partial charge is 0.389 e. The molecule has 0 saturated heterocycles. The van der Waals surface area contributed by atoms with Crippen molar-refractivity contribution in [3.8, 4) is 0 Å². The van der Waals surface area contributed by atoms with Gasteiger partial charge in [-0.2, -0.15) is 0 Å². The Morgan fingerprint density at radius 3 is 2.33 bits per heavy atom. The van der Waals surface area contributed by atoms with E-state index in [2.05, 4.69) is 49.2 Å². The normalized spacial score (nSPS) is 13.6. The molecule has 0 aliphatic heterocycles. The van der Waals surface area contributed by atoms with Crippen molar-refractivity contribution in [3.63, 3.8) is 0 Å². The summed E-state index contributed by atoms with van der Waals surface area (Å²) < 4.78 is 4.87. The Labute approximate surface area is 111 Å². The maximum absolute atomic E-state index is 9.50. The number of methoxy groups -OCH3 is 1. The van der Waals surface area contributed by atoms with E-state index in [0.717, 1.165) is 6.54 Å². The fourth-order valence-electron chi connectivity index (χ4n) is 1.76. The van der Waals surface area contributed by atoms with Crippen LogP contribution in [0.5, 0.6) is 0 Å². The van der Waals surface area contributed by atoms with E-state index < -0.39 is 14.2 Å². The molecule has 0 bridgehead atoms. The third kappa shape index (κ3) is 5.31. The molecule has 0 aromatic heterocycles. The molecule has 0 heterocycles. The first-order chi connectivity index (χ1) is 8.43. The van der Waals surface area contributed by atoms with Gasteiger partial charge in [0.15, 0.2) is 0 Å². The lowest BCUT2D eigenvalue weighted by Gasteiger charge is -2.17. The van der Waals surface area contributed by atoms with Gasteiger partial charge in [-0.15, -0.1) is 0 Å². The number of nitrogens with one attached hydrogen (secondary N) is 1. The van der Waals surface area contributed by atoms with E-state index in [1.165, 1.54) is 10.8 Å². The zero-order chi connectivity index (χ0) is 13.6. The topological polar surface area (TPSA) is 41.5 Å². The highest BCUT2D eigenvalue weighted by atomic mass is 28.3. The molecular weight excluding hydrogens is 242 g/mol. The quantitative estimate of drug-likeness (QED) is 0.732. The van der Waals surface area contributed by atoms with Crippen molar-refractivity contribution in [2.75, 3.05) is 20.3 Å². The highest BCUT2D eigenvalue weighted by molar-refractivity contribution is 6.88. The maximum Gasteiger partial charge on any atom is 0.0897 e. The van der Waals surface area contributed by atoms with Crippen molar-refractivity contribution in [1.29, 1.82) is 0 Å². The standard InChI is InChI=1S/C14H25NO2Si/c1-17-11-13(16)10-15-9-12-5-7-14(8-6-12)18(2,3)4/h5-8,13,15-16H,9-11H2,1-4H3. The Balaban J connectivity index is 2.40. The lowest BCUT2D eigenvalue weighted by Crippen LogP contribution is -2.37. The van der Waals surface area contributed by atoms with Gasteiger partial charge in [-0.25, -0.2) is 0 Å². The van der Waals surface area contributed by atoms with E-state index in [-0.39, 0.29) is 0 Å². The second-order valence-corrected chi connectivity index (χ2v) is 10.8. The minimum atomic E-state index is -1.19. The van der Waals surface area contributed by atoms with Crippen LogP contribution >= 0.6 is 0 Å². The van der Waals surface area contributed by atoms with Gasteiger partial charge in [0.2, 0.25) is 0 Å². The van der Waals surface area contributed by atoms with E-state index in [0.29, 0.717) is 13.2 Å². The molecule has 102 valence electrons. The SMILES string of the molecule is COCC(O)CNCc1ccc([Si](C)(C)C)cc1. The van der Waals surface area contributed by atoms with Crippen LogP contribution in [-0.2, 0) is 11.3 Å². The Kier molecular flexibility index (Phi) is 6.01. The molecule has 0 saturated carbocycles. The summed E-state index contributed by atoms with van der Waals surface area (Å²) in [6, 6.07) is 8.80. The van der Waals surface area contributed by atoms with Gasteiger partial charge in [0.25, 0.3) is 0 Å². The number of hydrogen-bond donors (Lipinski definition) is 2. The van der Waals surface area contributed by atoms with E-state index in [9.17, 15) is 5.11 Å². The van der Waals surface area contributed by atoms with Gasteiger partial charge in [0, 0.05) is 20.2 Å². The Hall–Kier alpha value is -0.683. The van der Waals surface area contributed by atoms with Crippen molar-refractivity contribution < 1.29 is 9.84 Å². The molecule has 3 nitrogen and oxygen atoms in total. The molecule has 0 aliphatic carbocycles. The molecule has 0 amide bonds. The van der Waals surface area contributed by atoms with Crippen molar-refractivity contribution >= 4 is 13.3 Å². The summed E-state index contributed by atoms with van der Waals surface area (Å²) in [5.74, 6) is 0. The van der Waals surface area contributed by atoms with Crippen molar-refractivity contribution in [3.05, 3.63) is 29.8 Å². The molecule has 0 spiro atoms. The minimum absolute atomic E-state index is 0.377. The second kappa shape index (κ2) is 7.04. The number of aliphatic hydroxyl groups excluding tert-OH is 1. The van der Waals surface area contributed by atoms with Crippen LogP contribution in [0.2, 0.25) is 19.6 Å². The molecule has 4 heteroatoms. The average molecular weight is 267 g/mol. The number of aliphatic hydroxyl groups is 1. The summed E-state index contributed by atoms with van der Waals surface area (Å²) in [5.41, 5.74) is 1.25. The first kappa shape index (κ1) is 15.4. The third-order valence-corrected chi connectivity index (χ3v) is 4.95. The van der Waals surface area contributed by atoms with Gasteiger partial charge < -0.3 is 15.2 Å². The van der Waals surface area contributed by atoms with E-state index in [1.807, 2.05) is 0 Å². The molecule has 1 aromatic carbocycles. The predicted molar refractivity (Wildman–Crippen MR) is 79.0 cm³/mol. The van der Waals surface area contributed by atoms with E-state index in [4.69, 9.17) is 4.74 Å². The summed E-state index contributed by atoms with van der Waals surface area (Å²) in [6.45, 7) is 8.77. The van der Waals surface area contributed by atoms with Crippen molar-refractivity contribution in [1.82, 2.24) is 5.32 Å². The van der Waals surface area contributed by atoms with Gasteiger partial charge in [-0.05, 0) is 5.56 Å². The van der Waals surface area contributed by atoms with Gasteiger partial charge in [-0.1, -0.05) is 49.1 Å². The highest BCUT2D eigenvalue weighted by Gasteiger charge is 2.15. The van der Waals surface area contributed by atoms with Gasteiger partial charge in [0.05, 0.1) is 20.8 Å². The van der Waals surface area contributed by atoms with E-state index in [1.54, 1.807) is 7.11 Å². The summed E-state index contributed by atoms with van der Waals surface area (Å²) in [5, 5.41) is 14.2. The summed E-state index contributed by atoms with van der Waals surface area (Å²) >= 11 is 0. The number of ether oxygens (including phenoxy) is 1. The lowest BCUT2D eigenvalue weighted by atomic mass is 10.2. The van der Waals surface area contributed by atoms with Crippen molar-refractivity contribution in [2.24, 2.45) is 0 Å². The summed E-state index contributed by atoms with van der Waals surface area (Å²) in [7, 11) is 0.403. The average Bonchev–Trinajstić information content (AvgIpc) is 2.29. The predicted octanol–water partition coefficient (Wildman–Crippen LogP) is 1.33. The molecule has 0 aliphatic rings. The maximum atomic E-state index is 9.50. The molecule has 0 fully saturated rings. The van der Waals surface area contributed by atoms with Crippen LogP contribution in [-0.4, -0.2) is 39.5 Å². The zero-order valence-corrected chi connectivity index (χ0v) is 12.9. The van der Waals surface area contributed by atoms with Crippen LogP contribution in [0, 0.1) is 0 Å². The number of rotatable bonds is 7. The van der Waals surface area contributed by atoms with E-state index >= 15 is 0 Å². The monoisotopic (exact) mass is 267 g/mol. The van der Waals surface area contributed by atoms with Crippen LogP contribution in [0.1, 0.15) is 5.56 Å². The molecule has 2 N–H and O–H groups in total. The molecule has 1 unspecified atom stereocenters. The van der Waals surface area contributed by atoms with Crippen LogP contribution in [0.4, 0.5) is 0 Å². The molecule has 1 aromatic rings. The highest BCUT2D eigenvalue weighted by Crippen LogP contribution is 2.04. The molecule has 18 heavy (non-hydrogen) atoms. The lowest BCUT2D eigenvalue weighted by molar-refractivity contribution is 0.0644. The number of benzene rings is 1. The zero-order valence-electron chi connectivity index (χ0n) is 11.9. The van der Waals surface area contributed by atoms with Crippen LogP contribution < -0.4 is 10.5 Å². The Morgan fingerprint density at radius 2 is 1.83 bits per heavy atom. The Morgan fingerprint density at radius 1 is 1.22 bits per heavy atom. The smallest absolute Gasteiger partial charge is 0.0897 e. The molecule has 0 radical (unpaired) electrons. The third-order valence-electron chi connectivity index (χ3n) is 2.89. The first-order valence-corrected chi connectivity index (χ1v) is 9.90. The Bertz CT molecular complexity index is 346. The molecular formula is C14H25NO2Si.